The predicted molar refractivity (Wildman–Crippen MR) is 125 cm³/mol. The summed E-state index contributed by atoms with van der Waals surface area (Å²) in [7, 11) is -2.14. The van der Waals surface area contributed by atoms with Crippen molar-refractivity contribution in [3.05, 3.63) is 65.7 Å². The van der Waals surface area contributed by atoms with Gasteiger partial charge in [-0.15, -0.1) is 0 Å². The summed E-state index contributed by atoms with van der Waals surface area (Å²) < 4.78 is 38.9. The van der Waals surface area contributed by atoms with Crippen molar-refractivity contribution in [2.45, 2.75) is 17.7 Å². The molecule has 0 aliphatic carbocycles. The van der Waals surface area contributed by atoms with Crippen LogP contribution in [0.2, 0.25) is 0 Å². The highest BCUT2D eigenvalue weighted by Crippen LogP contribution is 2.29. The van der Waals surface area contributed by atoms with Crippen molar-refractivity contribution >= 4 is 49.0 Å². The number of carbonyl (C=O) groups is 2. The van der Waals surface area contributed by atoms with Gasteiger partial charge in [-0.3, -0.25) is 0 Å². The standard InChI is InChI=1S/C23H25BrO7S/c1-29-22(25)21(18-8-4-3-5-9-18)20(16-31-23(26)30-15-7-6-14-24)17-10-12-19(13-11-17)32(2,27)28/h3-5,8-13H,6-7,14-16H2,1-2H3/b21-20+. The number of hydrogen-bond donors (Lipinski definition) is 0. The van der Waals surface area contributed by atoms with Crippen LogP contribution in [0.5, 0.6) is 0 Å². The SMILES string of the molecule is COC(=O)/C(=C(\COC(=O)OCCCCBr)c1ccc(S(C)(=O)=O)cc1)c1ccccc1. The third-order valence-corrected chi connectivity index (χ3v) is 6.16. The molecule has 0 aliphatic heterocycles. The number of esters is 1. The molecule has 172 valence electrons. The summed E-state index contributed by atoms with van der Waals surface area (Å²) in [4.78, 5) is 24.9. The normalized spacial score (nSPS) is 12.0. The Hall–Kier alpha value is -2.65. The molecule has 2 aromatic rings. The van der Waals surface area contributed by atoms with E-state index in [1.54, 1.807) is 42.5 Å². The Morgan fingerprint density at radius 1 is 0.906 bits per heavy atom. The first-order valence-electron chi connectivity index (χ1n) is 9.80. The van der Waals surface area contributed by atoms with Crippen molar-refractivity contribution in [1.82, 2.24) is 0 Å². The fourth-order valence-electron chi connectivity index (χ4n) is 2.85. The van der Waals surface area contributed by atoms with Crippen molar-refractivity contribution in [2.75, 3.05) is 31.9 Å². The Balaban J connectivity index is 2.44. The van der Waals surface area contributed by atoms with Crippen molar-refractivity contribution in [3.8, 4) is 0 Å². The minimum Gasteiger partial charge on any atom is -0.465 e. The molecule has 0 heterocycles. The minimum absolute atomic E-state index is 0.132. The molecule has 0 bridgehead atoms. The summed E-state index contributed by atoms with van der Waals surface area (Å²) in [5, 5.41) is 0.807. The Bertz CT molecular complexity index is 1050. The molecule has 0 N–H and O–H groups in total. The van der Waals surface area contributed by atoms with Gasteiger partial charge in [0.15, 0.2) is 9.84 Å². The zero-order chi connectivity index (χ0) is 23.6. The highest BCUT2D eigenvalue weighted by atomic mass is 79.9. The van der Waals surface area contributed by atoms with E-state index in [1.807, 2.05) is 0 Å². The van der Waals surface area contributed by atoms with Gasteiger partial charge in [-0.2, -0.15) is 0 Å². The largest absolute Gasteiger partial charge is 0.508 e. The zero-order valence-electron chi connectivity index (χ0n) is 17.9. The van der Waals surface area contributed by atoms with Gasteiger partial charge in [-0.25, -0.2) is 18.0 Å². The number of benzene rings is 2. The molecule has 0 saturated carbocycles. The van der Waals surface area contributed by atoms with E-state index in [0.717, 1.165) is 18.0 Å². The quantitative estimate of drug-likeness (QED) is 0.148. The first-order chi connectivity index (χ1) is 15.3. The molecule has 0 amide bonds. The lowest BCUT2D eigenvalue weighted by atomic mass is 9.95. The van der Waals surface area contributed by atoms with Gasteiger partial charge in [0.1, 0.15) is 6.61 Å². The maximum Gasteiger partial charge on any atom is 0.508 e. The predicted octanol–water partition coefficient (Wildman–Crippen LogP) is 4.50. The van der Waals surface area contributed by atoms with Gasteiger partial charge < -0.3 is 14.2 Å². The number of sulfone groups is 1. The number of halogens is 1. The van der Waals surface area contributed by atoms with E-state index >= 15 is 0 Å². The third-order valence-electron chi connectivity index (χ3n) is 4.47. The maximum absolute atomic E-state index is 12.7. The van der Waals surface area contributed by atoms with Gasteiger partial charge in [-0.05, 0) is 36.1 Å². The van der Waals surface area contributed by atoms with Crippen molar-refractivity contribution in [3.63, 3.8) is 0 Å². The lowest BCUT2D eigenvalue weighted by Crippen LogP contribution is -2.14. The summed E-state index contributed by atoms with van der Waals surface area (Å²) >= 11 is 3.31. The number of rotatable bonds is 10. The van der Waals surface area contributed by atoms with Gasteiger partial charge in [0.05, 0.1) is 24.2 Å². The number of methoxy groups -OCH3 is 1. The van der Waals surface area contributed by atoms with E-state index in [4.69, 9.17) is 14.2 Å². The average Bonchev–Trinajstić information content (AvgIpc) is 2.79. The molecule has 0 atom stereocenters. The third kappa shape index (κ3) is 7.49. The van der Waals surface area contributed by atoms with E-state index in [9.17, 15) is 18.0 Å². The summed E-state index contributed by atoms with van der Waals surface area (Å²) in [5.74, 6) is -0.618. The van der Waals surface area contributed by atoms with Crippen LogP contribution >= 0.6 is 15.9 Å². The van der Waals surface area contributed by atoms with Crippen LogP contribution in [0.15, 0.2) is 59.5 Å². The molecular formula is C23H25BrO7S. The Kier molecular flexibility index (Phi) is 9.93. The number of unbranched alkanes of at least 4 members (excludes halogenated alkanes) is 1. The van der Waals surface area contributed by atoms with Crippen LogP contribution in [0.4, 0.5) is 4.79 Å². The van der Waals surface area contributed by atoms with Gasteiger partial charge in [-0.1, -0.05) is 58.4 Å². The Morgan fingerprint density at radius 3 is 2.12 bits per heavy atom. The second-order valence-electron chi connectivity index (χ2n) is 6.79. The fourth-order valence-corrected chi connectivity index (χ4v) is 3.88. The number of carbonyl (C=O) groups excluding carboxylic acids is 2. The average molecular weight is 525 g/mol. The van der Waals surface area contributed by atoms with Crippen LogP contribution in [0.3, 0.4) is 0 Å². The molecule has 0 fully saturated rings. The smallest absolute Gasteiger partial charge is 0.465 e. The molecule has 32 heavy (non-hydrogen) atoms. The molecule has 0 aliphatic rings. The second kappa shape index (κ2) is 12.4. The van der Waals surface area contributed by atoms with E-state index in [1.165, 1.54) is 19.2 Å². The zero-order valence-corrected chi connectivity index (χ0v) is 20.3. The molecule has 0 saturated heterocycles. The molecular weight excluding hydrogens is 500 g/mol. The molecule has 9 heteroatoms. The highest BCUT2D eigenvalue weighted by Gasteiger charge is 2.22. The highest BCUT2D eigenvalue weighted by molar-refractivity contribution is 9.09. The maximum atomic E-state index is 12.7. The van der Waals surface area contributed by atoms with Crippen LogP contribution in [-0.2, 0) is 28.8 Å². The van der Waals surface area contributed by atoms with Gasteiger partial charge in [0, 0.05) is 17.2 Å². The first kappa shape index (κ1) is 25.6. The van der Waals surface area contributed by atoms with E-state index < -0.39 is 22.0 Å². The fraction of sp³-hybridized carbons (Fsp3) is 0.304. The minimum atomic E-state index is -3.40. The summed E-state index contributed by atoms with van der Waals surface area (Å²) in [5.41, 5.74) is 1.64. The first-order valence-corrected chi connectivity index (χ1v) is 12.8. The number of hydrogen-bond acceptors (Lipinski definition) is 7. The Morgan fingerprint density at radius 2 is 1.56 bits per heavy atom. The summed E-state index contributed by atoms with van der Waals surface area (Å²) in [6.07, 6.45) is 1.79. The monoisotopic (exact) mass is 524 g/mol. The second-order valence-corrected chi connectivity index (χ2v) is 9.60. The van der Waals surface area contributed by atoms with E-state index in [0.29, 0.717) is 23.1 Å². The summed E-state index contributed by atoms with van der Waals surface area (Å²) in [6.45, 7) is -0.0517. The molecule has 2 rings (SSSR count). The molecule has 0 aromatic heterocycles. The summed E-state index contributed by atoms with van der Waals surface area (Å²) in [6, 6.07) is 14.8. The van der Waals surface area contributed by atoms with Crippen LogP contribution < -0.4 is 0 Å². The van der Waals surface area contributed by atoms with E-state index in [2.05, 4.69) is 15.9 Å². The van der Waals surface area contributed by atoms with Crippen LogP contribution in [0.25, 0.3) is 11.1 Å². The molecule has 7 nitrogen and oxygen atoms in total. The number of alkyl halides is 1. The molecule has 0 radical (unpaired) electrons. The van der Waals surface area contributed by atoms with Crippen LogP contribution in [0.1, 0.15) is 24.0 Å². The van der Waals surface area contributed by atoms with Gasteiger partial charge in [0.25, 0.3) is 0 Å². The van der Waals surface area contributed by atoms with Crippen LogP contribution in [-0.4, -0.2) is 52.5 Å². The molecule has 2 aromatic carbocycles. The topological polar surface area (TPSA) is 96.0 Å². The van der Waals surface area contributed by atoms with Gasteiger partial charge >= 0.3 is 12.1 Å². The lowest BCUT2D eigenvalue weighted by Gasteiger charge is -2.16. The molecule has 0 spiro atoms. The lowest BCUT2D eigenvalue weighted by molar-refractivity contribution is -0.133. The number of ether oxygens (including phenoxy) is 3. The van der Waals surface area contributed by atoms with Crippen molar-refractivity contribution in [1.29, 1.82) is 0 Å². The van der Waals surface area contributed by atoms with Crippen molar-refractivity contribution in [2.24, 2.45) is 0 Å². The van der Waals surface area contributed by atoms with Gasteiger partial charge in [0.2, 0.25) is 0 Å². The van der Waals surface area contributed by atoms with Crippen molar-refractivity contribution < 1.29 is 32.2 Å². The van der Waals surface area contributed by atoms with E-state index in [-0.39, 0.29) is 23.7 Å². The Labute approximate surface area is 196 Å². The van der Waals surface area contributed by atoms with Crippen LogP contribution in [0, 0.1) is 0 Å². The molecule has 0 unspecified atom stereocenters.